The summed E-state index contributed by atoms with van der Waals surface area (Å²) in [6, 6.07) is 0. The third-order valence-corrected chi connectivity index (χ3v) is 4.33. The van der Waals surface area contributed by atoms with Crippen LogP contribution < -0.4 is 5.32 Å². The fourth-order valence-corrected chi connectivity index (χ4v) is 3.03. The van der Waals surface area contributed by atoms with Crippen LogP contribution in [0.2, 0.25) is 0 Å². The molecule has 0 radical (unpaired) electrons. The number of anilines is 1. The number of carbonyl (C=O) groups excluding carboxylic acids is 1. The van der Waals surface area contributed by atoms with Crippen LogP contribution in [0.15, 0.2) is 0 Å². The Morgan fingerprint density at radius 1 is 1.47 bits per heavy atom. The Morgan fingerprint density at radius 2 is 2.18 bits per heavy atom. The van der Waals surface area contributed by atoms with E-state index in [0.717, 1.165) is 35.3 Å². The number of aryl methyl sites for hydroxylation is 1. The highest BCUT2D eigenvalue weighted by molar-refractivity contribution is 7.17. The van der Waals surface area contributed by atoms with Gasteiger partial charge in [-0.15, -0.1) is 0 Å². The summed E-state index contributed by atoms with van der Waals surface area (Å²) in [7, 11) is 1.83. The number of hydrogen-bond acceptors (Lipinski definition) is 5. The molecule has 1 aliphatic heterocycles. The first-order valence-corrected chi connectivity index (χ1v) is 6.93. The van der Waals surface area contributed by atoms with Crippen LogP contribution in [0, 0.1) is 6.92 Å². The van der Waals surface area contributed by atoms with E-state index in [2.05, 4.69) is 15.2 Å². The van der Waals surface area contributed by atoms with Crippen molar-refractivity contribution in [3.05, 3.63) is 10.6 Å². The summed E-state index contributed by atoms with van der Waals surface area (Å²) in [4.78, 5) is 19.6. The molecule has 2 rings (SSSR count). The molecule has 1 saturated heterocycles. The van der Waals surface area contributed by atoms with Crippen molar-refractivity contribution in [1.29, 1.82) is 0 Å². The Hall–Kier alpha value is -0.940. The Morgan fingerprint density at radius 3 is 2.76 bits per heavy atom. The predicted molar refractivity (Wildman–Crippen MR) is 71.0 cm³/mol. The Kier molecular flexibility index (Phi) is 4.12. The third-order valence-electron chi connectivity index (χ3n) is 3.12. The van der Waals surface area contributed by atoms with Gasteiger partial charge in [0.2, 0.25) is 0 Å². The van der Waals surface area contributed by atoms with E-state index in [1.807, 2.05) is 14.0 Å². The normalized spacial score (nSPS) is 16.4. The molecule has 1 fully saturated rings. The fraction of sp³-hybridized carbons (Fsp3) is 0.667. The lowest BCUT2D eigenvalue weighted by Crippen LogP contribution is -2.22. The molecule has 0 unspecified atom stereocenters. The molecule has 0 aromatic carbocycles. The number of likely N-dealkylation sites (tertiary alicyclic amines) is 1. The first-order valence-electron chi connectivity index (χ1n) is 6.11. The van der Waals surface area contributed by atoms with E-state index in [0.29, 0.717) is 6.42 Å². The van der Waals surface area contributed by atoms with Crippen LogP contribution in [-0.4, -0.2) is 42.3 Å². The maximum absolute atomic E-state index is 12.1. The monoisotopic (exact) mass is 253 g/mol. The molecule has 1 aromatic rings. The van der Waals surface area contributed by atoms with Gasteiger partial charge in [0.15, 0.2) is 10.9 Å². The van der Waals surface area contributed by atoms with E-state index < -0.39 is 0 Å². The molecule has 0 atom stereocenters. The van der Waals surface area contributed by atoms with E-state index in [9.17, 15) is 4.79 Å². The lowest BCUT2D eigenvalue weighted by atomic mass is 10.2. The number of Topliss-reactive ketones (excluding diaryl/α,β-unsaturated/α-hetero) is 1. The molecule has 0 aliphatic carbocycles. The first kappa shape index (κ1) is 12.5. The van der Waals surface area contributed by atoms with E-state index in [-0.39, 0.29) is 5.78 Å². The Bertz CT molecular complexity index is 396. The molecule has 0 bridgehead atoms. The second-order valence-corrected chi connectivity index (χ2v) is 5.40. The lowest BCUT2D eigenvalue weighted by Gasteiger charge is -2.12. The average Bonchev–Trinajstić information content (AvgIpc) is 2.94. The number of aromatic nitrogens is 1. The zero-order valence-electron chi connectivity index (χ0n) is 10.5. The molecule has 94 valence electrons. The SMILES string of the molecule is CNc1nc(C)c(C(=O)CCN2CCCC2)s1. The molecule has 1 N–H and O–H groups in total. The summed E-state index contributed by atoms with van der Waals surface area (Å²) in [5.74, 6) is 0.230. The molecular formula is C12H19N3OS. The summed E-state index contributed by atoms with van der Waals surface area (Å²) < 4.78 is 0. The molecule has 0 saturated carbocycles. The van der Waals surface area contributed by atoms with Crippen LogP contribution in [-0.2, 0) is 0 Å². The first-order chi connectivity index (χ1) is 8.20. The van der Waals surface area contributed by atoms with Gasteiger partial charge in [-0.2, -0.15) is 0 Å². The van der Waals surface area contributed by atoms with Crippen LogP contribution in [0.5, 0.6) is 0 Å². The number of thiazole rings is 1. The van der Waals surface area contributed by atoms with E-state index >= 15 is 0 Å². The summed E-state index contributed by atoms with van der Waals surface area (Å²) in [5.41, 5.74) is 0.853. The summed E-state index contributed by atoms with van der Waals surface area (Å²) in [5, 5.41) is 3.81. The minimum Gasteiger partial charge on any atom is -0.365 e. The van der Waals surface area contributed by atoms with Crippen molar-refractivity contribution in [3.8, 4) is 0 Å². The minimum atomic E-state index is 0.230. The van der Waals surface area contributed by atoms with Gasteiger partial charge >= 0.3 is 0 Å². The molecule has 5 heteroatoms. The highest BCUT2D eigenvalue weighted by atomic mass is 32.1. The van der Waals surface area contributed by atoms with Crippen LogP contribution >= 0.6 is 11.3 Å². The highest BCUT2D eigenvalue weighted by Crippen LogP contribution is 2.23. The van der Waals surface area contributed by atoms with Gasteiger partial charge in [-0.1, -0.05) is 11.3 Å². The van der Waals surface area contributed by atoms with Crippen LogP contribution in [0.3, 0.4) is 0 Å². The van der Waals surface area contributed by atoms with Crippen molar-refractivity contribution in [2.45, 2.75) is 26.2 Å². The number of ketones is 1. The molecule has 17 heavy (non-hydrogen) atoms. The molecule has 0 amide bonds. The number of nitrogens with zero attached hydrogens (tertiary/aromatic N) is 2. The van der Waals surface area contributed by atoms with Gasteiger partial charge in [0.1, 0.15) is 0 Å². The molecule has 2 heterocycles. The Balaban J connectivity index is 1.91. The van der Waals surface area contributed by atoms with Gasteiger partial charge < -0.3 is 10.2 Å². The van der Waals surface area contributed by atoms with Gasteiger partial charge in [0.25, 0.3) is 0 Å². The van der Waals surface area contributed by atoms with Crippen molar-refractivity contribution in [2.24, 2.45) is 0 Å². The van der Waals surface area contributed by atoms with Crippen molar-refractivity contribution < 1.29 is 4.79 Å². The van der Waals surface area contributed by atoms with Crippen molar-refractivity contribution >= 4 is 22.3 Å². The molecule has 1 aliphatic rings. The smallest absolute Gasteiger partial charge is 0.183 e. The zero-order valence-corrected chi connectivity index (χ0v) is 11.3. The number of carbonyl (C=O) groups is 1. The second-order valence-electron chi connectivity index (χ2n) is 4.41. The standard InChI is InChI=1S/C12H19N3OS/c1-9-11(17-12(13-2)14-9)10(16)5-8-15-6-3-4-7-15/h3-8H2,1-2H3,(H,13,14). The van der Waals surface area contributed by atoms with E-state index in [4.69, 9.17) is 0 Å². The van der Waals surface area contributed by atoms with Gasteiger partial charge in [0.05, 0.1) is 10.6 Å². The van der Waals surface area contributed by atoms with Crippen LogP contribution in [0.1, 0.15) is 34.6 Å². The third kappa shape index (κ3) is 3.04. The van der Waals surface area contributed by atoms with Gasteiger partial charge in [-0.25, -0.2) is 4.98 Å². The topological polar surface area (TPSA) is 45.2 Å². The van der Waals surface area contributed by atoms with Gasteiger partial charge in [-0.3, -0.25) is 4.79 Å². The zero-order chi connectivity index (χ0) is 12.3. The minimum absolute atomic E-state index is 0.230. The molecule has 1 aromatic heterocycles. The highest BCUT2D eigenvalue weighted by Gasteiger charge is 2.17. The summed E-state index contributed by atoms with van der Waals surface area (Å²) in [6.45, 7) is 5.10. The van der Waals surface area contributed by atoms with Crippen molar-refractivity contribution in [2.75, 3.05) is 32.0 Å². The lowest BCUT2D eigenvalue weighted by molar-refractivity contribution is 0.0972. The quantitative estimate of drug-likeness (QED) is 0.817. The molecule has 0 spiro atoms. The Labute approximate surface area is 106 Å². The van der Waals surface area contributed by atoms with Gasteiger partial charge in [-0.05, 0) is 32.9 Å². The molecular weight excluding hydrogens is 234 g/mol. The van der Waals surface area contributed by atoms with Crippen molar-refractivity contribution in [1.82, 2.24) is 9.88 Å². The van der Waals surface area contributed by atoms with E-state index in [1.54, 1.807) is 0 Å². The number of nitrogens with one attached hydrogen (secondary N) is 1. The van der Waals surface area contributed by atoms with E-state index in [1.165, 1.54) is 24.2 Å². The van der Waals surface area contributed by atoms with Crippen LogP contribution in [0.25, 0.3) is 0 Å². The maximum Gasteiger partial charge on any atom is 0.183 e. The molecule has 4 nitrogen and oxygen atoms in total. The van der Waals surface area contributed by atoms with Crippen LogP contribution in [0.4, 0.5) is 5.13 Å². The summed E-state index contributed by atoms with van der Waals surface area (Å²) >= 11 is 1.46. The van der Waals surface area contributed by atoms with Gasteiger partial charge in [0, 0.05) is 20.0 Å². The average molecular weight is 253 g/mol. The second kappa shape index (κ2) is 5.60. The number of hydrogen-bond donors (Lipinski definition) is 1. The fourth-order valence-electron chi connectivity index (χ4n) is 2.14. The summed E-state index contributed by atoms with van der Waals surface area (Å²) in [6.07, 6.45) is 3.17. The largest absolute Gasteiger partial charge is 0.365 e. The predicted octanol–water partition coefficient (Wildman–Crippen LogP) is 2.16. The number of rotatable bonds is 5. The van der Waals surface area contributed by atoms with Crippen molar-refractivity contribution in [3.63, 3.8) is 0 Å². The maximum atomic E-state index is 12.1.